The summed E-state index contributed by atoms with van der Waals surface area (Å²) in [7, 11) is 0. The van der Waals surface area contributed by atoms with Crippen LogP contribution in [0.25, 0.3) is 0 Å². The Balaban J connectivity index is 1.45. The molecule has 0 bridgehead atoms. The summed E-state index contributed by atoms with van der Waals surface area (Å²) in [5.41, 5.74) is 1.90. The summed E-state index contributed by atoms with van der Waals surface area (Å²) >= 11 is 0. The van der Waals surface area contributed by atoms with Crippen molar-refractivity contribution >= 4 is 12.1 Å². The standard InChI is InChI=1S/C20H24N2O4/c23-19(25-15-17-8-3-1-4-9-17)14-21-12-7-13-22-20(24)26-16-18-10-5-2-6-11-18/h1-6,8-11,21H,7,12-16H2,(H,22,24). The highest BCUT2D eigenvalue weighted by Gasteiger charge is 2.04. The molecule has 0 aliphatic carbocycles. The minimum atomic E-state index is -0.448. The molecule has 0 aromatic heterocycles. The van der Waals surface area contributed by atoms with Crippen molar-refractivity contribution in [2.24, 2.45) is 0 Å². The molecule has 0 saturated heterocycles. The van der Waals surface area contributed by atoms with Gasteiger partial charge in [-0.1, -0.05) is 60.7 Å². The maximum Gasteiger partial charge on any atom is 0.407 e. The lowest BCUT2D eigenvalue weighted by molar-refractivity contribution is -0.143. The molecule has 6 heteroatoms. The van der Waals surface area contributed by atoms with Crippen LogP contribution in [-0.4, -0.2) is 31.7 Å². The first kappa shape index (κ1) is 19.5. The van der Waals surface area contributed by atoms with Gasteiger partial charge in [0.1, 0.15) is 13.2 Å². The van der Waals surface area contributed by atoms with Crippen LogP contribution in [0.5, 0.6) is 0 Å². The Labute approximate surface area is 153 Å². The fraction of sp³-hybridized carbons (Fsp3) is 0.300. The number of amides is 1. The molecule has 0 spiro atoms. The van der Waals surface area contributed by atoms with E-state index in [1.54, 1.807) is 0 Å². The number of rotatable bonds is 10. The number of benzene rings is 2. The molecular formula is C20H24N2O4. The summed E-state index contributed by atoms with van der Waals surface area (Å²) in [4.78, 5) is 23.2. The second-order valence-electron chi connectivity index (χ2n) is 5.67. The minimum absolute atomic E-state index is 0.144. The van der Waals surface area contributed by atoms with Gasteiger partial charge in [-0.2, -0.15) is 0 Å². The summed E-state index contributed by atoms with van der Waals surface area (Å²) in [6, 6.07) is 19.0. The normalized spacial score (nSPS) is 10.2. The Morgan fingerprint density at radius 2 is 1.35 bits per heavy atom. The van der Waals surface area contributed by atoms with Gasteiger partial charge >= 0.3 is 12.1 Å². The molecule has 0 radical (unpaired) electrons. The SMILES string of the molecule is O=C(CNCCCNC(=O)OCc1ccccc1)OCc1ccccc1. The Morgan fingerprint density at radius 3 is 1.96 bits per heavy atom. The molecule has 26 heavy (non-hydrogen) atoms. The van der Waals surface area contributed by atoms with E-state index in [9.17, 15) is 9.59 Å². The van der Waals surface area contributed by atoms with Gasteiger partial charge in [-0.15, -0.1) is 0 Å². The van der Waals surface area contributed by atoms with Gasteiger partial charge in [0.25, 0.3) is 0 Å². The molecule has 0 unspecified atom stereocenters. The number of esters is 1. The van der Waals surface area contributed by atoms with E-state index in [0.29, 0.717) is 19.5 Å². The monoisotopic (exact) mass is 356 g/mol. The lowest BCUT2D eigenvalue weighted by Gasteiger charge is -2.08. The van der Waals surface area contributed by atoms with Crippen LogP contribution < -0.4 is 10.6 Å². The van der Waals surface area contributed by atoms with Gasteiger partial charge in [-0.05, 0) is 24.1 Å². The van der Waals surface area contributed by atoms with Crippen molar-refractivity contribution in [1.82, 2.24) is 10.6 Å². The second kappa shape index (κ2) is 11.7. The van der Waals surface area contributed by atoms with Gasteiger partial charge in [0.2, 0.25) is 0 Å². The van der Waals surface area contributed by atoms with Crippen molar-refractivity contribution in [2.75, 3.05) is 19.6 Å². The van der Waals surface area contributed by atoms with Gasteiger partial charge in [-0.3, -0.25) is 4.79 Å². The van der Waals surface area contributed by atoms with E-state index in [-0.39, 0.29) is 25.7 Å². The number of hydrogen-bond donors (Lipinski definition) is 2. The molecule has 0 saturated carbocycles. The minimum Gasteiger partial charge on any atom is -0.460 e. The number of hydrogen-bond acceptors (Lipinski definition) is 5. The third-order valence-electron chi connectivity index (χ3n) is 3.52. The van der Waals surface area contributed by atoms with Crippen LogP contribution in [0.1, 0.15) is 17.5 Å². The third kappa shape index (κ3) is 8.30. The molecule has 1 amide bonds. The number of alkyl carbamates (subject to hydrolysis) is 1. The maximum atomic E-state index is 11.6. The number of carbonyl (C=O) groups excluding carboxylic acids is 2. The summed E-state index contributed by atoms with van der Waals surface area (Å²) in [5.74, 6) is -0.302. The van der Waals surface area contributed by atoms with Gasteiger partial charge in [0.15, 0.2) is 0 Å². The number of nitrogens with one attached hydrogen (secondary N) is 2. The van der Waals surface area contributed by atoms with Crippen LogP contribution in [0, 0.1) is 0 Å². The van der Waals surface area contributed by atoms with Crippen molar-refractivity contribution in [3.05, 3.63) is 71.8 Å². The van der Waals surface area contributed by atoms with Crippen molar-refractivity contribution < 1.29 is 19.1 Å². The maximum absolute atomic E-state index is 11.6. The van der Waals surface area contributed by atoms with Crippen molar-refractivity contribution in [3.8, 4) is 0 Å². The lowest BCUT2D eigenvalue weighted by atomic mass is 10.2. The number of ether oxygens (including phenoxy) is 2. The van der Waals surface area contributed by atoms with Crippen LogP contribution in [0.3, 0.4) is 0 Å². The summed E-state index contributed by atoms with van der Waals surface area (Å²) in [6.07, 6.45) is 0.239. The molecule has 0 aliphatic rings. The van der Waals surface area contributed by atoms with Crippen molar-refractivity contribution in [3.63, 3.8) is 0 Å². The average Bonchev–Trinajstić information content (AvgIpc) is 2.69. The summed E-state index contributed by atoms with van der Waals surface area (Å²) < 4.78 is 10.3. The molecule has 6 nitrogen and oxygen atoms in total. The fourth-order valence-corrected chi connectivity index (χ4v) is 2.16. The van der Waals surface area contributed by atoms with Gasteiger partial charge in [-0.25, -0.2) is 4.79 Å². The lowest BCUT2D eigenvalue weighted by Crippen LogP contribution is -2.30. The first-order chi connectivity index (χ1) is 12.7. The molecular weight excluding hydrogens is 332 g/mol. The topological polar surface area (TPSA) is 76.7 Å². The van der Waals surface area contributed by atoms with Crippen molar-refractivity contribution in [2.45, 2.75) is 19.6 Å². The Kier molecular flexibility index (Phi) is 8.72. The molecule has 0 fully saturated rings. The largest absolute Gasteiger partial charge is 0.460 e. The first-order valence-corrected chi connectivity index (χ1v) is 8.59. The predicted octanol–water partition coefficient (Wildman–Crippen LogP) is 2.64. The van der Waals surface area contributed by atoms with Gasteiger partial charge < -0.3 is 20.1 Å². The summed E-state index contributed by atoms with van der Waals surface area (Å²) in [5, 5.41) is 5.66. The third-order valence-corrected chi connectivity index (χ3v) is 3.52. The van der Waals surface area contributed by atoms with E-state index in [1.807, 2.05) is 60.7 Å². The summed E-state index contributed by atoms with van der Waals surface area (Å²) in [6.45, 7) is 1.73. The molecule has 0 atom stereocenters. The predicted molar refractivity (Wildman–Crippen MR) is 98.4 cm³/mol. The van der Waals surface area contributed by atoms with E-state index >= 15 is 0 Å². The fourth-order valence-electron chi connectivity index (χ4n) is 2.16. The van der Waals surface area contributed by atoms with Gasteiger partial charge in [0, 0.05) is 6.54 Å². The zero-order chi connectivity index (χ0) is 18.5. The zero-order valence-electron chi connectivity index (χ0n) is 14.6. The molecule has 0 heterocycles. The highest BCUT2D eigenvalue weighted by Crippen LogP contribution is 2.01. The average molecular weight is 356 g/mol. The van der Waals surface area contributed by atoms with Gasteiger partial charge in [0.05, 0.1) is 6.54 Å². The van der Waals surface area contributed by atoms with Crippen molar-refractivity contribution in [1.29, 1.82) is 0 Å². The second-order valence-corrected chi connectivity index (χ2v) is 5.67. The van der Waals surface area contributed by atoms with E-state index in [4.69, 9.17) is 9.47 Å². The highest BCUT2D eigenvalue weighted by molar-refractivity contribution is 5.71. The van der Waals surface area contributed by atoms with Crippen LogP contribution >= 0.6 is 0 Å². The van der Waals surface area contributed by atoms with E-state index in [0.717, 1.165) is 11.1 Å². The van der Waals surface area contributed by atoms with E-state index in [1.165, 1.54) is 0 Å². The van der Waals surface area contributed by atoms with Crippen LogP contribution in [0.15, 0.2) is 60.7 Å². The Hall–Kier alpha value is -2.86. The Morgan fingerprint density at radius 1 is 0.769 bits per heavy atom. The highest BCUT2D eigenvalue weighted by atomic mass is 16.5. The molecule has 138 valence electrons. The molecule has 2 aromatic rings. The zero-order valence-corrected chi connectivity index (χ0v) is 14.6. The molecule has 2 aromatic carbocycles. The van der Waals surface area contributed by atoms with Crippen LogP contribution in [0.4, 0.5) is 4.79 Å². The van der Waals surface area contributed by atoms with Crippen LogP contribution in [-0.2, 0) is 27.5 Å². The van der Waals surface area contributed by atoms with E-state index < -0.39 is 6.09 Å². The van der Waals surface area contributed by atoms with E-state index in [2.05, 4.69) is 10.6 Å². The quantitative estimate of drug-likeness (QED) is 0.506. The molecule has 2 rings (SSSR count). The van der Waals surface area contributed by atoms with Crippen LogP contribution in [0.2, 0.25) is 0 Å². The number of carbonyl (C=O) groups is 2. The Bertz CT molecular complexity index is 603. The molecule has 2 N–H and O–H groups in total. The first-order valence-electron chi connectivity index (χ1n) is 8.59. The smallest absolute Gasteiger partial charge is 0.407 e. The molecule has 0 aliphatic heterocycles.